The zero-order chi connectivity index (χ0) is 7.56. The molecule has 0 radical (unpaired) electrons. The lowest BCUT2D eigenvalue weighted by atomic mass is 10.4. The average Bonchev–Trinajstić information content (AvgIpc) is 2.30. The second-order valence-corrected chi connectivity index (χ2v) is 2.29. The van der Waals surface area contributed by atoms with Gasteiger partial charge in [0.05, 0.1) is 12.8 Å². The first kappa shape index (κ1) is 7.57. The molecule has 0 saturated heterocycles. The van der Waals surface area contributed by atoms with Crippen LogP contribution in [0.1, 0.15) is 12.5 Å². The molecule has 0 unspecified atom stereocenters. The number of hydrogen-bond donors (Lipinski definition) is 1. The molecular formula is C6H9ClN2O. The van der Waals surface area contributed by atoms with Crippen LogP contribution >= 0.6 is 11.6 Å². The minimum Gasteiger partial charge on any atom is -0.392 e. The molecule has 0 aliphatic heterocycles. The Morgan fingerprint density at radius 2 is 2.50 bits per heavy atom. The molecule has 1 aromatic rings. The molecule has 0 aromatic carbocycles. The topological polar surface area (TPSA) is 38.0 Å². The minimum absolute atomic E-state index is 0.0428. The molecule has 0 saturated carbocycles. The second kappa shape index (κ2) is 3.03. The van der Waals surface area contributed by atoms with E-state index in [4.69, 9.17) is 16.7 Å². The van der Waals surface area contributed by atoms with Crippen molar-refractivity contribution in [1.29, 1.82) is 0 Å². The molecule has 0 spiro atoms. The molecule has 0 bridgehead atoms. The van der Waals surface area contributed by atoms with Crippen LogP contribution in [0.15, 0.2) is 6.20 Å². The number of aliphatic hydroxyl groups is 1. The van der Waals surface area contributed by atoms with Gasteiger partial charge in [-0.2, -0.15) is 5.10 Å². The fraction of sp³-hybridized carbons (Fsp3) is 0.500. The third kappa shape index (κ3) is 1.15. The van der Waals surface area contributed by atoms with Crippen LogP contribution in [-0.4, -0.2) is 14.9 Å². The molecule has 1 rings (SSSR count). The van der Waals surface area contributed by atoms with Gasteiger partial charge in [0, 0.05) is 12.1 Å². The maximum absolute atomic E-state index is 8.69. The summed E-state index contributed by atoms with van der Waals surface area (Å²) in [7, 11) is 0. The molecule has 3 nitrogen and oxygen atoms in total. The molecule has 0 fully saturated rings. The summed E-state index contributed by atoms with van der Waals surface area (Å²) in [4.78, 5) is 0. The number of aliphatic hydroxyl groups excluding tert-OH is 1. The average molecular weight is 161 g/mol. The number of hydrogen-bond acceptors (Lipinski definition) is 2. The smallest absolute Gasteiger partial charge is 0.132 e. The van der Waals surface area contributed by atoms with Gasteiger partial charge in [-0.3, -0.25) is 4.68 Å². The van der Waals surface area contributed by atoms with Gasteiger partial charge in [-0.05, 0) is 6.92 Å². The van der Waals surface area contributed by atoms with E-state index in [1.54, 1.807) is 10.9 Å². The highest BCUT2D eigenvalue weighted by Crippen LogP contribution is 2.14. The number of nitrogens with zero attached hydrogens (tertiary/aromatic N) is 2. The van der Waals surface area contributed by atoms with E-state index in [0.717, 1.165) is 6.54 Å². The number of aromatic nitrogens is 2. The first-order valence-corrected chi connectivity index (χ1v) is 3.48. The fourth-order valence-electron chi connectivity index (χ4n) is 0.736. The van der Waals surface area contributed by atoms with Crippen molar-refractivity contribution in [1.82, 2.24) is 9.78 Å². The van der Waals surface area contributed by atoms with Crippen LogP contribution in [0.25, 0.3) is 0 Å². The maximum Gasteiger partial charge on any atom is 0.132 e. The summed E-state index contributed by atoms with van der Waals surface area (Å²) in [6.45, 7) is 2.64. The van der Waals surface area contributed by atoms with Gasteiger partial charge in [0.1, 0.15) is 5.15 Å². The molecule has 1 aromatic heterocycles. The highest BCUT2D eigenvalue weighted by Gasteiger charge is 2.03. The molecule has 10 heavy (non-hydrogen) atoms. The largest absolute Gasteiger partial charge is 0.392 e. The molecule has 0 atom stereocenters. The highest BCUT2D eigenvalue weighted by atomic mass is 35.5. The quantitative estimate of drug-likeness (QED) is 0.703. The van der Waals surface area contributed by atoms with E-state index in [0.29, 0.717) is 10.7 Å². The van der Waals surface area contributed by atoms with Crippen molar-refractivity contribution in [3.8, 4) is 0 Å². The highest BCUT2D eigenvalue weighted by molar-refractivity contribution is 6.30. The SMILES string of the molecule is CCn1ncc(CO)c1Cl. The third-order valence-corrected chi connectivity index (χ3v) is 1.75. The zero-order valence-electron chi connectivity index (χ0n) is 5.71. The Kier molecular flexibility index (Phi) is 2.29. The summed E-state index contributed by atoms with van der Waals surface area (Å²) >= 11 is 5.77. The van der Waals surface area contributed by atoms with Crippen LogP contribution in [0.2, 0.25) is 5.15 Å². The Morgan fingerprint density at radius 3 is 2.80 bits per heavy atom. The van der Waals surface area contributed by atoms with Crippen LogP contribution in [0.3, 0.4) is 0 Å². The lowest BCUT2D eigenvalue weighted by molar-refractivity contribution is 0.282. The van der Waals surface area contributed by atoms with Crippen molar-refractivity contribution in [2.75, 3.05) is 0 Å². The van der Waals surface area contributed by atoms with Gasteiger partial charge in [-0.15, -0.1) is 0 Å². The number of halogens is 1. The van der Waals surface area contributed by atoms with Crippen LogP contribution < -0.4 is 0 Å². The summed E-state index contributed by atoms with van der Waals surface area (Å²) in [6.07, 6.45) is 1.58. The van der Waals surface area contributed by atoms with E-state index < -0.39 is 0 Å². The van der Waals surface area contributed by atoms with Crippen molar-refractivity contribution >= 4 is 11.6 Å². The monoisotopic (exact) mass is 160 g/mol. The lowest BCUT2D eigenvalue weighted by Gasteiger charge is -1.95. The number of rotatable bonds is 2. The standard InChI is InChI=1S/C6H9ClN2O/c1-2-9-6(7)5(4-10)3-8-9/h3,10H,2,4H2,1H3. The Bertz CT molecular complexity index is 200. The van der Waals surface area contributed by atoms with Gasteiger partial charge in [-0.1, -0.05) is 11.6 Å². The van der Waals surface area contributed by atoms with Gasteiger partial charge in [0.2, 0.25) is 0 Å². The maximum atomic E-state index is 8.69. The second-order valence-electron chi connectivity index (χ2n) is 1.93. The van der Waals surface area contributed by atoms with Crippen molar-refractivity contribution < 1.29 is 5.11 Å². The van der Waals surface area contributed by atoms with Gasteiger partial charge in [-0.25, -0.2) is 0 Å². The molecule has 0 aliphatic rings. The molecular weight excluding hydrogens is 152 g/mol. The van der Waals surface area contributed by atoms with Crippen molar-refractivity contribution in [2.45, 2.75) is 20.1 Å². The Hall–Kier alpha value is -0.540. The van der Waals surface area contributed by atoms with E-state index in [9.17, 15) is 0 Å². The van der Waals surface area contributed by atoms with Crippen LogP contribution in [0.5, 0.6) is 0 Å². The van der Waals surface area contributed by atoms with Gasteiger partial charge >= 0.3 is 0 Å². The van der Waals surface area contributed by atoms with Crippen LogP contribution in [-0.2, 0) is 13.2 Å². The summed E-state index contributed by atoms with van der Waals surface area (Å²) in [5, 5.41) is 13.2. The fourth-order valence-corrected chi connectivity index (χ4v) is 1.01. The summed E-state index contributed by atoms with van der Waals surface area (Å²) < 4.78 is 1.63. The van der Waals surface area contributed by atoms with Crippen molar-refractivity contribution in [3.63, 3.8) is 0 Å². The Labute approximate surface area is 64.2 Å². The summed E-state index contributed by atoms with van der Waals surface area (Å²) in [6, 6.07) is 0. The Balaban J connectivity index is 2.97. The first-order chi connectivity index (χ1) is 4.79. The van der Waals surface area contributed by atoms with E-state index in [1.807, 2.05) is 6.92 Å². The van der Waals surface area contributed by atoms with Crippen molar-refractivity contribution in [3.05, 3.63) is 16.9 Å². The molecule has 1 N–H and O–H groups in total. The van der Waals surface area contributed by atoms with Crippen LogP contribution in [0.4, 0.5) is 0 Å². The minimum atomic E-state index is -0.0428. The van der Waals surface area contributed by atoms with E-state index in [-0.39, 0.29) is 6.61 Å². The third-order valence-electron chi connectivity index (χ3n) is 1.31. The normalized spacial score (nSPS) is 10.3. The molecule has 0 aliphatic carbocycles. The van der Waals surface area contributed by atoms with E-state index in [2.05, 4.69) is 5.10 Å². The molecule has 0 amide bonds. The molecule has 56 valence electrons. The molecule has 1 heterocycles. The predicted molar refractivity (Wildman–Crippen MR) is 38.8 cm³/mol. The van der Waals surface area contributed by atoms with Crippen molar-refractivity contribution in [2.24, 2.45) is 0 Å². The van der Waals surface area contributed by atoms with Gasteiger partial charge < -0.3 is 5.11 Å². The zero-order valence-corrected chi connectivity index (χ0v) is 6.47. The first-order valence-electron chi connectivity index (χ1n) is 3.10. The van der Waals surface area contributed by atoms with Gasteiger partial charge in [0.25, 0.3) is 0 Å². The summed E-state index contributed by atoms with van der Waals surface area (Å²) in [5.41, 5.74) is 0.684. The Morgan fingerprint density at radius 1 is 1.80 bits per heavy atom. The summed E-state index contributed by atoms with van der Waals surface area (Å²) in [5.74, 6) is 0. The lowest BCUT2D eigenvalue weighted by Crippen LogP contribution is -1.95. The van der Waals surface area contributed by atoms with Crippen LogP contribution in [0, 0.1) is 0 Å². The number of aryl methyl sites for hydroxylation is 1. The van der Waals surface area contributed by atoms with E-state index in [1.165, 1.54) is 0 Å². The van der Waals surface area contributed by atoms with Gasteiger partial charge in [0.15, 0.2) is 0 Å². The molecule has 4 heteroatoms. The van der Waals surface area contributed by atoms with E-state index >= 15 is 0 Å². The predicted octanol–water partition coefficient (Wildman–Crippen LogP) is 1.05.